The number of nitrogens with one attached hydrogen (secondary N) is 1. The van der Waals surface area contributed by atoms with Crippen molar-refractivity contribution < 1.29 is 14.3 Å². The van der Waals surface area contributed by atoms with Gasteiger partial charge in [-0.3, -0.25) is 0 Å². The molecular weight excluding hydrogens is 235 g/mol. The summed E-state index contributed by atoms with van der Waals surface area (Å²) in [4.78, 5) is 11.1. The molecule has 0 aliphatic heterocycles. The van der Waals surface area contributed by atoms with Crippen molar-refractivity contribution in [2.45, 2.75) is 32.2 Å². The van der Waals surface area contributed by atoms with E-state index in [-0.39, 0.29) is 11.3 Å². The van der Waals surface area contributed by atoms with Gasteiger partial charge in [-0.2, -0.15) is 5.26 Å². The van der Waals surface area contributed by atoms with Gasteiger partial charge in [0.2, 0.25) is 0 Å². The van der Waals surface area contributed by atoms with E-state index in [1.807, 2.05) is 6.92 Å². The summed E-state index contributed by atoms with van der Waals surface area (Å²) in [6.45, 7) is 1.96. The molecule has 0 aliphatic rings. The number of nitrogens with zero attached hydrogens (tertiary/aromatic N) is 1. The molecule has 0 saturated carbocycles. The first-order valence-electron chi connectivity index (χ1n) is 5.78. The van der Waals surface area contributed by atoms with Gasteiger partial charge in [0.1, 0.15) is 23.5 Å². The zero-order valence-electron chi connectivity index (χ0n) is 10.1. The van der Waals surface area contributed by atoms with Gasteiger partial charge < -0.3 is 10.4 Å². The highest BCUT2D eigenvalue weighted by Crippen LogP contribution is 2.20. The average molecular weight is 250 g/mol. The Bertz CT molecular complexity index is 469. The Morgan fingerprint density at radius 3 is 2.89 bits per heavy atom. The van der Waals surface area contributed by atoms with E-state index in [9.17, 15) is 9.18 Å². The summed E-state index contributed by atoms with van der Waals surface area (Å²) in [7, 11) is 0. The normalized spacial score (nSPS) is 11.6. The maximum absolute atomic E-state index is 13.3. The quantitative estimate of drug-likeness (QED) is 0.814. The molecule has 1 unspecified atom stereocenters. The monoisotopic (exact) mass is 250 g/mol. The molecule has 1 aromatic rings. The first-order valence-corrected chi connectivity index (χ1v) is 5.78. The van der Waals surface area contributed by atoms with Crippen molar-refractivity contribution in [1.29, 1.82) is 5.26 Å². The third-order valence-electron chi connectivity index (χ3n) is 2.60. The number of carbonyl (C=O) groups is 1. The average Bonchev–Trinajstić information content (AvgIpc) is 2.34. The first kappa shape index (κ1) is 14.0. The largest absolute Gasteiger partial charge is 0.480 e. The van der Waals surface area contributed by atoms with E-state index in [0.29, 0.717) is 6.42 Å². The number of carboxylic acids is 1. The lowest BCUT2D eigenvalue weighted by Crippen LogP contribution is -2.29. The number of benzene rings is 1. The highest BCUT2D eigenvalue weighted by molar-refractivity contribution is 5.78. The minimum Gasteiger partial charge on any atom is -0.480 e. The molecule has 18 heavy (non-hydrogen) atoms. The van der Waals surface area contributed by atoms with Crippen LogP contribution in [0, 0.1) is 17.1 Å². The van der Waals surface area contributed by atoms with Crippen molar-refractivity contribution in [1.82, 2.24) is 0 Å². The van der Waals surface area contributed by atoms with Crippen molar-refractivity contribution in [3.05, 3.63) is 29.6 Å². The molecule has 0 aromatic heterocycles. The second-order valence-corrected chi connectivity index (χ2v) is 3.95. The lowest BCUT2D eigenvalue weighted by molar-refractivity contribution is -0.138. The summed E-state index contributed by atoms with van der Waals surface area (Å²) in [5.41, 5.74) is 0.0706. The molecule has 0 aliphatic carbocycles. The third-order valence-corrected chi connectivity index (χ3v) is 2.60. The molecule has 96 valence electrons. The van der Waals surface area contributed by atoms with E-state index in [2.05, 4.69) is 5.32 Å². The van der Waals surface area contributed by atoms with Gasteiger partial charge in [0.25, 0.3) is 0 Å². The Kier molecular flexibility index (Phi) is 5.12. The molecular formula is C13H15FN2O2. The van der Waals surface area contributed by atoms with Crippen molar-refractivity contribution in [3.63, 3.8) is 0 Å². The van der Waals surface area contributed by atoms with Gasteiger partial charge in [-0.1, -0.05) is 25.8 Å². The van der Waals surface area contributed by atoms with Crippen LogP contribution in [0.1, 0.15) is 31.7 Å². The van der Waals surface area contributed by atoms with Crippen LogP contribution in [0.25, 0.3) is 0 Å². The number of hydrogen-bond donors (Lipinski definition) is 2. The van der Waals surface area contributed by atoms with Crippen LogP contribution < -0.4 is 5.32 Å². The smallest absolute Gasteiger partial charge is 0.326 e. The summed E-state index contributed by atoms with van der Waals surface area (Å²) < 4.78 is 13.3. The lowest BCUT2D eigenvalue weighted by atomic mass is 10.1. The number of carboxylic acid groups (broad SMARTS) is 1. The molecule has 2 N–H and O–H groups in total. The fourth-order valence-electron chi connectivity index (χ4n) is 1.61. The van der Waals surface area contributed by atoms with Gasteiger partial charge in [-0.25, -0.2) is 9.18 Å². The summed E-state index contributed by atoms with van der Waals surface area (Å²) >= 11 is 0. The second kappa shape index (κ2) is 6.60. The lowest BCUT2D eigenvalue weighted by Gasteiger charge is -2.16. The second-order valence-electron chi connectivity index (χ2n) is 3.95. The highest BCUT2D eigenvalue weighted by Gasteiger charge is 2.18. The van der Waals surface area contributed by atoms with Crippen LogP contribution in [0.15, 0.2) is 18.2 Å². The van der Waals surface area contributed by atoms with Crippen LogP contribution in [0.4, 0.5) is 10.1 Å². The predicted octanol–water partition coefficient (Wildman–Crippen LogP) is 2.75. The van der Waals surface area contributed by atoms with Crippen molar-refractivity contribution in [2.75, 3.05) is 5.32 Å². The predicted molar refractivity (Wildman–Crippen MR) is 65.7 cm³/mol. The zero-order valence-corrected chi connectivity index (χ0v) is 10.1. The van der Waals surface area contributed by atoms with E-state index in [1.54, 1.807) is 6.07 Å². The van der Waals surface area contributed by atoms with Gasteiger partial charge in [0.05, 0.1) is 5.69 Å². The van der Waals surface area contributed by atoms with Crippen LogP contribution in [-0.4, -0.2) is 17.1 Å². The summed E-state index contributed by atoms with van der Waals surface area (Å²) in [5, 5.41) is 20.6. The fraction of sp³-hybridized carbons (Fsp3) is 0.385. The number of nitriles is 1. The highest BCUT2D eigenvalue weighted by atomic mass is 19.1. The molecule has 0 amide bonds. The third kappa shape index (κ3) is 3.45. The van der Waals surface area contributed by atoms with E-state index < -0.39 is 17.8 Å². The molecule has 0 fully saturated rings. The van der Waals surface area contributed by atoms with Gasteiger partial charge in [-0.05, 0) is 18.6 Å². The number of halogens is 1. The Morgan fingerprint density at radius 1 is 1.61 bits per heavy atom. The first-order chi connectivity index (χ1) is 8.60. The number of rotatable bonds is 6. The van der Waals surface area contributed by atoms with Gasteiger partial charge in [-0.15, -0.1) is 0 Å². The molecule has 0 radical (unpaired) electrons. The van der Waals surface area contributed by atoms with E-state index in [0.717, 1.165) is 12.8 Å². The molecule has 1 aromatic carbocycles. The fourth-order valence-corrected chi connectivity index (χ4v) is 1.61. The van der Waals surface area contributed by atoms with Crippen LogP contribution in [0.5, 0.6) is 0 Å². The Morgan fingerprint density at radius 2 is 2.33 bits per heavy atom. The van der Waals surface area contributed by atoms with E-state index in [1.165, 1.54) is 18.2 Å². The number of hydrogen-bond acceptors (Lipinski definition) is 3. The maximum atomic E-state index is 13.3. The molecule has 5 heteroatoms. The van der Waals surface area contributed by atoms with Crippen LogP contribution >= 0.6 is 0 Å². The van der Waals surface area contributed by atoms with Gasteiger partial charge in [0.15, 0.2) is 0 Å². The molecule has 1 atom stereocenters. The van der Waals surface area contributed by atoms with Crippen LogP contribution in [-0.2, 0) is 4.79 Å². The Labute approximate surface area is 105 Å². The summed E-state index contributed by atoms with van der Waals surface area (Å²) in [6, 6.07) is 5.04. The van der Waals surface area contributed by atoms with Crippen molar-refractivity contribution in [2.24, 2.45) is 0 Å². The van der Waals surface area contributed by atoms with Crippen molar-refractivity contribution in [3.8, 4) is 6.07 Å². The standard InChI is InChI=1S/C13H15FN2O2/c1-2-3-6-12(13(17)18)16-11-7-4-5-10(14)9(11)8-15/h4-5,7,12,16H,2-3,6H2,1H3,(H,17,18). The summed E-state index contributed by atoms with van der Waals surface area (Å²) in [6.07, 6.45) is 2.06. The van der Waals surface area contributed by atoms with Crippen LogP contribution in [0.3, 0.4) is 0 Å². The maximum Gasteiger partial charge on any atom is 0.326 e. The molecule has 0 saturated heterocycles. The molecule has 0 spiro atoms. The minimum absolute atomic E-state index is 0.153. The zero-order chi connectivity index (χ0) is 13.5. The Hall–Kier alpha value is -2.09. The summed E-state index contributed by atoms with van der Waals surface area (Å²) in [5.74, 6) is -1.65. The topological polar surface area (TPSA) is 73.1 Å². The van der Waals surface area contributed by atoms with E-state index in [4.69, 9.17) is 10.4 Å². The van der Waals surface area contributed by atoms with Gasteiger partial charge >= 0.3 is 5.97 Å². The van der Waals surface area contributed by atoms with Crippen molar-refractivity contribution >= 4 is 11.7 Å². The SMILES string of the molecule is CCCCC(Nc1cccc(F)c1C#N)C(=O)O. The van der Waals surface area contributed by atoms with E-state index >= 15 is 0 Å². The molecule has 4 nitrogen and oxygen atoms in total. The number of unbranched alkanes of at least 4 members (excludes halogenated alkanes) is 1. The molecule has 0 heterocycles. The molecule has 1 rings (SSSR count). The van der Waals surface area contributed by atoms with Gasteiger partial charge in [0, 0.05) is 0 Å². The minimum atomic E-state index is -1.00. The number of aliphatic carboxylic acids is 1. The number of anilines is 1. The van der Waals surface area contributed by atoms with Crippen LogP contribution in [0.2, 0.25) is 0 Å². The molecule has 0 bridgehead atoms. The Balaban J connectivity index is 2.91.